The van der Waals surface area contributed by atoms with Gasteiger partial charge >= 0.3 is 5.97 Å². The fraction of sp³-hybridized carbons (Fsp3) is 0.375. The second-order valence-corrected chi connectivity index (χ2v) is 2.68. The fourth-order valence-corrected chi connectivity index (χ4v) is 1.08. The predicted octanol–water partition coefficient (Wildman–Crippen LogP) is -1.34. The third-order valence-electron chi connectivity index (χ3n) is 1.66. The Balaban J connectivity index is 2.87. The molecular weight excluding hydrogens is 188 g/mol. The van der Waals surface area contributed by atoms with E-state index in [4.69, 9.17) is 5.73 Å². The summed E-state index contributed by atoms with van der Waals surface area (Å²) in [5.74, 6) is -3.31. The summed E-state index contributed by atoms with van der Waals surface area (Å²) in [6.45, 7) is 1.77. The van der Waals surface area contributed by atoms with E-state index in [0.717, 1.165) is 6.08 Å². The van der Waals surface area contributed by atoms with E-state index < -0.39 is 23.7 Å². The molecule has 1 rings (SSSR count). The molecule has 6 heteroatoms. The maximum absolute atomic E-state index is 11.2. The molecule has 0 saturated carbocycles. The average molecular weight is 198 g/mol. The minimum atomic E-state index is -1.20. The molecule has 0 saturated heterocycles. The number of carbonyl (C=O) groups excluding carboxylic acids is 3. The number of nitrogens with one attached hydrogen (secondary N) is 1. The van der Waals surface area contributed by atoms with Gasteiger partial charge in [0.05, 0.1) is 6.61 Å². The minimum Gasteiger partial charge on any atom is -0.465 e. The zero-order valence-electron chi connectivity index (χ0n) is 7.57. The second kappa shape index (κ2) is 3.91. The summed E-state index contributed by atoms with van der Waals surface area (Å²) in [6, 6.07) is 0. The third kappa shape index (κ3) is 1.90. The molecule has 1 heterocycles. The van der Waals surface area contributed by atoms with Crippen molar-refractivity contribution in [2.45, 2.75) is 6.92 Å². The number of rotatable bonds is 2. The lowest BCUT2D eigenvalue weighted by Gasteiger charge is -2.18. The highest BCUT2D eigenvalue weighted by molar-refractivity contribution is 6.13. The van der Waals surface area contributed by atoms with Crippen LogP contribution in [0.1, 0.15) is 6.92 Å². The zero-order valence-corrected chi connectivity index (χ0v) is 7.57. The molecule has 6 nitrogen and oxygen atoms in total. The topological polar surface area (TPSA) is 98.5 Å². The number of esters is 1. The molecule has 1 aliphatic heterocycles. The third-order valence-corrected chi connectivity index (χ3v) is 1.66. The van der Waals surface area contributed by atoms with Gasteiger partial charge in [-0.3, -0.25) is 19.7 Å². The first-order valence-electron chi connectivity index (χ1n) is 4.04. The summed E-state index contributed by atoms with van der Waals surface area (Å²) in [5, 5.41) is 1.96. The van der Waals surface area contributed by atoms with Crippen LogP contribution in [-0.2, 0) is 19.1 Å². The number of amides is 2. The van der Waals surface area contributed by atoms with Crippen LogP contribution in [0.5, 0.6) is 0 Å². The number of hydrogen-bond acceptors (Lipinski definition) is 5. The Morgan fingerprint density at radius 1 is 1.64 bits per heavy atom. The van der Waals surface area contributed by atoms with Gasteiger partial charge < -0.3 is 10.5 Å². The lowest BCUT2D eigenvalue weighted by molar-refractivity contribution is -0.151. The van der Waals surface area contributed by atoms with E-state index in [0.29, 0.717) is 0 Å². The molecule has 0 bridgehead atoms. The molecular formula is C8H10N2O4. The Labute approximate surface area is 80.1 Å². The first kappa shape index (κ1) is 10.2. The van der Waals surface area contributed by atoms with Gasteiger partial charge in [0.25, 0.3) is 5.91 Å². The summed E-state index contributed by atoms with van der Waals surface area (Å²) in [7, 11) is 0. The summed E-state index contributed by atoms with van der Waals surface area (Å²) in [6.07, 6.45) is 1.00. The second-order valence-electron chi connectivity index (χ2n) is 2.68. The van der Waals surface area contributed by atoms with E-state index in [9.17, 15) is 14.4 Å². The Morgan fingerprint density at radius 2 is 2.29 bits per heavy atom. The Morgan fingerprint density at radius 3 is 2.79 bits per heavy atom. The molecule has 0 radical (unpaired) electrons. The van der Waals surface area contributed by atoms with Gasteiger partial charge in [0, 0.05) is 11.8 Å². The highest BCUT2D eigenvalue weighted by atomic mass is 16.5. The number of imide groups is 1. The number of nitrogens with two attached hydrogens (primary N) is 1. The Bertz CT molecular complexity index is 321. The van der Waals surface area contributed by atoms with E-state index in [-0.39, 0.29) is 12.3 Å². The quantitative estimate of drug-likeness (QED) is 0.325. The van der Waals surface area contributed by atoms with Gasteiger partial charge in [0.2, 0.25) is 5.91 Å². The predicted molar refractivity (Wildman–Crippen MR) is 45.5 cm³/mol. The maximum Gasteiger partial charge on any atom is 0.324 e. The lowest BCUT2D eigenvalue weighted by Crippen LogP contribution is -2.45. The van der Waals surface area contributed by atoms with Crippen LogP contribution in [0.2, 0.25) is 0 Å². The van der Waals surface area contributed by atoms with E-state index in [2.05, 4.69) is 4.74 Å². The first-order valence-corrected chi connectivity index (χ1v) is 4.04. The van der Waals surface area contributed by atoms with Crippen molar-refractivity contribution >= 4 is 17.8 Å². The van der Waals surface area contributed by atoms with E-state index in [1.165, 1.54) is 0 Å². The number of carbonyl (C=O) groups is 3. The van der Waals surface area contributed by atoms with Gasteiger partial charge in [-0.2, -0.15) is 0 Å². The van der Waals surface area contributed by atoms with Crippen LogP contribution in [0.4, 0.5) is 0 Å². The van der Waals surface area contributed by atoms with Gasteiger partial charge in [0.15, 0.2) is 5.92 Å². The van der Waals surface area contributed by atoms with Crippen LogP contribution in [0.25, 0.3) is 0 Å². The minimum absolute atomic E-state index is 0.0859. The zero-order chi connectivity index (χ0) is 10.7. The summed E-state index contributed by atoms with van der Waals surface area (Å²) >= 11 is 0. The van der Waals surface area contributed by atoms with Crippen molar-refractivity contribution < 1.29 is 19.1 Å². The van der Waals surface area contributed by atoms with Gasteiger partial charge in [-0.05, 0) is 6.92 Å². The van der Waals surface area contributed by atoms with Crippen molar-refractivity contribution in [3.63, 3.8) is 0 Å². The Kier molecular flexibility index (Phi) is 2.85. The molecule has 3 N–H and O–H groups in total. The van der Waals surface area contributed by atoms with Crippen molar-refractivity contribution in [2.24, 2.45) is 11.7 Å². The molecule has 0 unspecified atom stereocenters. The van der Waals surface area contributed by atoms with Gasteiger partial charge in [0.1, 0.15) is 0 Å². The van der Waals surface area contributed by atoms with Crippen molar-refractivity contribution in [3.05, 3.63) is 11.8 Å². The molecule has 1 aliphatic rings. The molecule has 0 aromatic heterocycles. The van der Waals surface area contributed by atoms with Crippen molar-refractivity contribution in [3.8, 4) is 0 Å². The average Bonchev–Trinajstić information content (AvgIpc) is 2.01. The number of ether oxygens (including phenoxy) is 1. The van der Waals surface area contributed by atoms with Crippen LogP contribution in [0, 0.1) is 5.92 Å². The summed E-state index contributed by atoms with van der Waals surface area (Å²) < 4.78 is 4.63. The van der Waals surface area contributed by atoms with Crippen molar-refractivity contribution in [1.82, 2.24) is 5.32 Å². The largest absolute Gasteiger partial charge is 0.465 e. The molecule has 76 valence electrons. The maximum atomic E-state index is 11.2. The first-order chi connectivity index (χ1) is 6.56. The summed E-state index contributed by atoms with van der Waals surface area (Å²) in [5.41, 5.74) is 5.28. The molecule has 0 spiro atoms. The molecule has 0 aromatic carbocycles. The van der Waals surface area contributed by atoms with Crippen LogP contribution in [0.15, 0.2) is 11.8 Å². The highest BCUT2D eigenvalue weighted by Crippen LogP contribution is 2.12. The lowest BCUT2D eigenvalue weighted by atomic mass is 10.0. The van der Waals surface area contributed by atoms with Crippen LogP contribution < -0.4 is 11.1 Å². The van der Waals surface area contributed by atoms with Crippen LogP contribution in [0.3, 0.4) is 0 Å². The number of hydrogen-bond donors (Lipinski definition) is 2. The SMILES string of the molecule is CCOC(=O)[C@H]1C(=O)NC(=O)C=C1N. The smallest absolute Gasteiger partial charge is 0.324 e. The Hall–Kier alpha value is -1.85. The van der Waals surface area contributed by atoms with Gasteiger partial charge in [-0.1, -0.05) is 0 Å². The van der Waals surface area contributed by atoms with Crippen LogP contribution in [-0.4, -0.2) is 24.4 Å². The van der Waals surface area contributed by atoms with Crippen molar-refractivity contribution in [1.29, 1.82) is 0 Å². The molecule has 2 amide bonds. The molecule has 1 atom stereocenters. The van der Waals surface area contributed by atoms with Gasteiger partial charge in [-0.15, -0.1) is 0 Å². The normalized spacial score (nSPS) is 21.2. The van der Waals surface area contributed by atoms with Gasteiger partial charge in [-0.25, -0.2) is 0 Å². The summed E-state index contributed by atoms with van der Waals surface area (Å²) in [4.78, 5) is 33.2. The van der Waals surface area contributed by atoms with Crippen molar-refractivity contribution in [2.75, 3.05) is 6.61 Å². The van der Waals surface area contributed by atoms with Crippen LogP contribution >= 0.6 is 0 Å². The molecule has 0 fully saturated rings. The molecule has 14 heavy (non-hydrogen) atoms. The monoisotopic (exact) mass is 198 g/mol. The fourth-order valence-electron chi connectivity index (χ4n) is 1.08. The highest BCUT2D eigenvalue weighted by Gasteiger charge is 2.34. The standard InChI is InChI=1S/C8H10N2O4/c1-2-14-8(13)6-4(9)3-5(11)10-7(6)12/h3,6H,2,9H2,1H3,(H,10,11,12)/t6-/m1/s1. The van der Waals surface area contributed by atoms with E-state index >= 15 is 0 Å². The molecule has 0 aromatic rings. The molecule has 0 aliphatic carbocycles. The van der Waals surface area contributed by atoms with E-state index in [1.807, 2.05) is 5.32 Å². The van der Waals surface area contributed by atoms with E-state index in [1.54, 1.807) is 6.92 Å².